The van der Waals surface area contributed by atoms with E-state index in [1.165, 1.54) is 23.3 Å². The Labute approximate surface area is 163 Å². The molecule has 0 saturated heterocycles. The molecular formula is C18H16N4O3S2. The van der Waals surface area contributed by atoms with Gasteiger partial charge >= 0.3 is 6.09 Å². The fourth-order valence-electron chi connectivity index (χ4n) is 2.25. The fraction of sp³-hybridized carbons (Fsp3) is 0.0556. The summed E-state index contributed by atoms with van der Waals surface area (Å²) in [7, 11) is 0. The minimum atomic E-state index is -1.11. The first-order valence-corrected chi connectivity index (χ1v) is 9.42. The van der Waals surface area contributed by atoms with E-state index in [4.69, 9.17) is 10.8 Å². The maximum Gasteiger partial charge on any atom is 0.409 e. The third-order valence-corrected chi connectivity index (χ3v) is 5.37. The number of nitrogens with zero attached hydrogens (tertiary/aromatic N) is 1. The molecule has 0 aliphatic heterocycles. The molecule has 138 valence electrons. The van der Waals surface area contributed by atoms with Crippen molar-refractivity contribution in [1.29, 1.82) is 0 Å². The lowest BCUT2D eigenvalue weighted by molar-refractivity contribution is 0.102. The second-order valence-electron chi connectivity index (χ2n) is 5.60. The number of amides is 2. The van der Waals surface area contributed by atoms with Crippen molar-refractivity contribution in [3.63, 3.8) is 0 Å². The van der Waals surface area contributed by atoms with Gasteiger partial charge in [0.15, 0.2) is 0 Å². The number of rotatable bonds is 5. The summed E-state index contributed by atoms with van der Waals surface area (Å²) < 4.78 is 4.13. The van der Waals surface area contributed by atoms with Crippen LogP contribution >= 0.6 is 23.3 Å². The Kier molecular flexibility index (Phi) is 5.63. The van der Waals surface area contributed by atoms with Crippen LogP contribution in [0.25, 0.3) is 0 Å². The van der Waals surface area contributed by atoms with Crippen LogP contribution in [0.15, 0.2) is 58.3 Å². The highest BCUT2D eigenvalue weighted by Gasteiger charge is 2.11. The molecule has 1 aromatic heterocycles. The lowest BCUT2D eigenvalue weighted by Gasteiger charge is -2.09. The third kappa shape index (κ3) is 4.99. The zero-order valence-corrected chi connectivity index (χ0v) is 15.9. The summed E-state index contributed by atoms with van der Waals surface area (Å²) in [6.45, 7) is 1.86. The predicted molar refractivity (Wildman–Crippen MR) is 108 cm³/mol. The topological polar surface area (TPSA) is 117 Å². The second-order valence-corrected chi connectivity index (χ2v) is 7.52. The number of benzene rings is 2. The molecule has 3 rings (SSSR count). The van der Waals surface area contributed by atoms with Gasteiger partial charge in [0, 0.05) is 26.7 Å². The molecule has 0 aliphatic rings. The van der Waals surface area contributed by atoms with Crippen LogP contribution in [-0.2, 0) is 0 Å². The van der Waals surface area contributed by atoms with Crippen LogP contribution in [-0.4, -0.2) is 21.5 Å². The molecule has 1 heterocycles. The summed E-state index contributed by atoms with van der Waals surface area (Å²) in [6.07, 6.45) is -1.11. The standard InChI is InChI=1S/C18H16N4O3S2/c1-10-8-16(27-22-10)21-17(23)11-2-7-15(14(19)9-11)26-13-5-3-12(4-6-13)20-18(24)25/h2-9,20H,19H2,1H3,(H,21,23)(H,24,25). The highest BCUT2D eigenvalue weighted by molar-refractivity contribution is 7.99. The van der Waals surface area contributed by atoms with E-state index >= 15 is 0 Å². The third-order valence-electron chi connectivity index (χ3n) is 3.47. The fourth-order valence-corrected chi connectivity index (χ4v) is 3.74. The number of anilines is 3. The summed E-state index contributed by atoms with van der Waals surface area (Å²) in [5.41, 5.74) is 8.39. The van der Waals surface area contributed by atoms with E-state index < -0.39 is 6.09 Å². The quantitative estimate of drug-likeness (QED) is 0.468. The Morgan fingerprint density at radius 2 is 1.85 bits per heavy atom. The normalized spacial score (nSPS) is 10.4. The van der Waals surface area contributed by atoms with Crippen molar-refractivity contribution in [2.24, 2.45) is 0 Å². The molecule has 2 aromatic carbocycles. The van der Waals surface area contributed by atoms with Gasteiger partial charge in [0.05, 0.1) is 5.69 Å². The van der Waals surface area contributed by atoms with E-state index in [-0.39, 0.29) is 5.91 Å². The molecule has 27 heavy (non-hydrogen) atoms. The zero-order chi connectivity index (χ0) is 19.4. The van der Waals surface area contributed by atoms with E-state index in [2.05, 4.69) is 15.0 Å². The van der Waals surface area contributed by atoms with Gasteiger partial charge in [-0.15, -0.1) is 0 Å². The maximum absolute atomic E-state index is 12.3. The van der Waals surface area contributed by atoms with Gasteiger partial charge in [0.2, 0.25) is 0 Å². The number of carboxylic acid groups (broad SMARTS) is 1. The molecule has 0 atom stereocenters. The molecule has 0 bridgehead atoms. The van der Waals surface area contributed by atoms with Crippen LogP contribution in [0.1, 0.15) is 16.1 Å². The predicted octanol–water partition coefficient (Wildman–Crippen LogP) is 4.53. The Morgan fingerprint density at radius 3 is 2.44 bits per heavy atom. The van der Waals surface area contributed by atoms with Gasteiger partial charge in [0.25, 0.3) is 5.91 Å². The Morgan fingerprint density at radius 1 is 1.11 bits per heavy atom. The number of aryl methyl sites for hydroxylation is 1. The van der Waals surface area contributed by atoms with Gasteiger partial charge in [-0.05, 0) is 67.0 Å². The molecule has 0 aliphatic carbocycles. The van der Waals surface area contributed by atoms with Crippen molar-refractivity contribution >= 4 is 51.7 Å². The number of hydrogen-bond donors (Lipinski definition) is 4. The van der Waals surface area contributed by atoms with Gasteiger partial charge < -0.3 is 16.2 Å². The maximum atomic E-state index is 12.3. The van der Waals surface area contributed by atoms with Crippen LogP contribution in [0.5, 0.6) is 0 Å². The molecule has 0 saturated carbocycles. The van der Waals surface area contributed by atoms with Gasteiger partial charge in [-0.1, -0.05) is 11.8 Å². The summed E-state index contributed by atoms with van der Waals surface area (Å²) in [6, 6.07) is 13.9. The average molecular weight is 400 g/mol. The van der Waals surface area contributed by atoms with Gasteiger partial charge in [-0.2, -0.15) is 4.37 Å². The number of nitrogens with two attached hydrogens (primary N) is 1. The van der Waals surface area contributed by atoms with Crippen LogP contribution in [0.3, 0.4) is 0 Å². The van der Waals surface area contributed by atoms with Gasteiger partial charge in [-0.25, -0.2) is 4.79 Å². The minimum absolute atomic E-state index is 0.244. The van der Waals surface area contributed by atoms with Crippen molar-refractivity contribution in [2.45, 2.75) is 16.7 Å². The van der Waals surface area contributed by atoms with Crippen molar-refractivity contribution in [1.82, 2.24) is 4.37 Å². The largest absolute Gasteiger partial charge is 0.465 e. The van der Waals surface area contributed by atoms with Gasteiger partial charge in [-0.3, -0.25) is 10.1 Å². The monoisotopic (exact) mass is 400 g/mol. The first-order valence-electron chi connectivity index (χ1n) is 7.83. The van der Waals surface area contributed by atoms with Gasteiger partial charge in [0.1, 0.15) is 5.00 Å². The number of nitrogens with one attached hydrogen (secondary N) is 2. The number of hydrogen-bond acceptors (Lipinski definition) is 6. The molecule has 0 fully saturated rings. The molecule has 3 aromatic rings. The van der Waals surface area contributed by atoms with E-state index in [9.17, 15) is 9.59 Å². The number of carbonyl (C=O) groups is 2. The van der Waals surface area contributed by atoms with E-state index in [0.29, 0.717) is 21.9 Å². The van der Waals surface area contributed by atoms with Crippen LogP contribution in [0, 0.1) is 6.92 Å². The van der Waals surface area contributed by atoms with Crippen molar-refractivity contribution in [3.8, 4) is 0 Å². The van der Waals surface area contributed by atoms with Crippen LogP contribution < -0.4 is 16.4 Å². The average Bonchev–Trinajstić information content (AvgIpc) is 3.02. The lowest BCUT2D eigenvalue weighted by Crippen LogP contribution is -2.11. The Balaban J connectivity index is 1.69. The highest BCUT2D eigenvalue weighted by atomic mass is 32.2. The van der Waals surface area contributed by atoms with E-state index in [1.54, 1.807) is 48.5 Å². The number of aromatic nitrogens is 1. The van der Waals surface area contributed by atoms with Crippen LogP contribution in [0.2, 0.25) is 0 Å². The van der Waals surface area contributed by atoms with Crippen molar-refractivity contribution in [2.75, 3.05) is 16.4 Å². The van der Waals surface area contributed by atoms with Crippen molar-refractivity contribution < 1.29 is 14.7 Å². The summed E-state index contributed by atoms with van der Waals surface area (Å²) >= 11 is 2.66. The molecular weight excluding hydrogens is 384 g/mol. The molecule has 0 unspecified atom stereocenters. The minimum Gasteiger partial charge on any atom is -0.465 e. The zero-order valence-electron chi connectivity index (χ0n) is 14.2. The smallest absolute Gasteiger partial charge is 0.409 e. The molecule has 0 spiro atoms. The molecule has 2 amide bonds. The molecule has 0 radical (unpaired) electrons. The lowest BCUT2D eigenvalue weighted by atomic mass is 10.2. The van der Waals surface area contributed by atoms with Crippen molar-refractivity contribution in [3.05, 3.63) is 59.8 Å². The van der Waals surface area contributed by atoms with Crippen LogP contribution in [0.4, 0.5) is 21.2 Å². The molecule has 7 nitrogen and oxygen atoms in total. The summed E-state index contributed by atoms with van der Waals surface area (Å²) in [4.78, 5) is 24.6. The Hall–Kier alpha value is -3.04. The number of carbonyl (C=O) groups excluding carboxylic acids is 1. The summed E-state index contributed by atoms with van der Waals surface area (Å²) in [5, 5.41) is 14.5. The summed E-state index contributed by atoms with van der Waals surface area (Å²) in [5.74, 6) is -0.244. The first-order chi connectivity index (χ1) is 12.9. The Bertz CT molecular complexity index is 987. The molecule has 5 N–H and O–H groups in total. The first kappa shape index (κ1) is 18.7. The van der Waals surface area contributed by atoms with E-state index in [0.717, 1.165) is 15.5 Å². The van der Waals surface area contributed by atoms with E-state index in [1.807, 2.05) is 6.92 Å². The second kappa shape index (κ2) is 8.11. The molecule has 9 heteroatoms. The highest BCUT2D eigenvalue weighted by Crippen LogP contribution is 2.33. The SMILES string of the molecule is Cc1cc(NC(=O)c2ccc(Sc3ccc(NC(=O)O)cc3)c(N)c2)sn1. The number of nitrogen functional groups attached to an aromatic ring is 1.